The second-order valence-corrected chi connectivity index (χ2v) is 6.35. The zero-order valence-corrected chi connectivity index (χ0v) is 14.1. The Labute approximate surface area is 145 Å². The average molecular weight is 348 g/mol. The Morgan fingerprint density at radius 1 is 1.36 bits per heavy atom. The highest BCUT2D eigenvalue weighted by molar-refractivity contribution is 6.22. The Hall–Kier alpha value is -2.28. The first kappa shape index (κ1) is 17.5. The standard InChI is InChI=1S/C18H21FN2O4/c1-2-25-18(24)12-5-4-8-20(11-12)15-10-16(22)21(17(15)23)14-7-3-6-13(19)9-14/h3,6-7,9,12,15H,2,4-5,8,10-11H2,1H3/t12-,15-/m0/s1. The molecule has 0 unspecified atom stereocenters. The van der Waals surface area contributed by atoms with Crippen LogP contribution >= 0.6 is 0 Å². The number of halogens is 1. The number of anilines is 1. The summed E-state index contributed by atoms with van der Waals surface area (Å²) in [6.07, 6.45) is 1.53. The van der Waals surface area contributed by atoms with E-state index in [1.165, 1.54) is 18.2 Å². The maximum absolute atomic E-state index is 13.4. The highest BCUT2D eigenvalue weighted by Crippen LogP contribution is 2.29. The van der Waals surface area contributed by atoms with Gasteiger partial charge >= 0.3 is 5.97 Å². The van der Waals surface area contributed by atoms with E-state index in [1.807, 2.05) is 4.90 Å². The zero-order valence-electron chi connectivity index (χ0n) is 14.1. The summed E-state index contributed by atoms with van der Waals surface area (Å²) in [6.45, 7) is 3.13. The molecule has 2 atom stereocenters. The van der Waals surface area contributed by atoms with Gasteiger partial charge in [0.15, 0.2) is 0 Å². The van der Waals surface area contributed by atoms with Gasteiger partial charge in [0.1, 0.15) is 5.82 Å². The lowest BCUT2D eigenvalue weighted by molar-refractivity contribution is -0.150. The molecule has 2 saturated heterocycles. The number of amides is 2. The molecular weight excluding hydrogens is 327 g/mol. The summed E-state index contributed by atoms with van der Waals surface area (Å²) < 4.78 is 18.5. The van der Waals surface area contributed by atoms with Gasteiger partial charge in [0.05, 0.1) is 30.7 Å². The van der Waals surface area contributed by atoms with E-state index in [4.69, 9.17) is 4.74 Å². The van der Waals surface area contributed by atoms with Gasteiger partial charge in [-0.05, 0) is 44.5 Å². The van der Waals surface area contributed by atoms with Gasteiger partial charge in [-0.1, -0.05) is 6.07 Å². The van der Waals surface area contributed by atoms with Crippen molar-refractivity contribution >= 4 is 23.5 Å². The molecule has 0 aliphatic carbocycles. The first-order valence-electron chi connectivity index (χ1n) is 8.54. The van der Waals surface area contributed by atoms with Crippen LogP contribution in [0.15, 0.2) is 24.3 Å². The Morgan fingerprint density at radius 3 is 2.88 bits per heavy atom. The topological polar surface area (TPSA) is 66.9 Å². The van der Waals surface area contributed by atoms with Crippen molar-refractivity contribution in [3.05, 3.63) is 30.1 Å². The molecule has 7 heteroatoms. The van der Waals surface area contributed by atoms with Crippen LogP contribution in [0.5, 0.6) is 0 Å². The van der Waals surface area contributed by atoms with E-state index in [1.54, 1.807) is 13.0 Å². The van der Waals surface area contributed by atoms with E-state index in [-0.39, 0.29) is 35.8 Å². The second kappa shape index (κ2) is 7.31. The summed E-state index contributed by atoms with van der Waals surface area (Å²) in [6, 6.07) is 4.85. The van der Waals surface area contributed by atoms with Gasteiger partial charge in [0, 0.05) is 6.54 Å². The number of carbonyl (C=O) groups excluding carboxylic acids is 3. The molecule has 2 aliphatic rings. The fraction of sp³-hybridized carbons (Fsp3) is 0.500. The molecule has 0 spiro atoms. The van der Waals surface area contributed by atoms with Crippen molar-refractivity contribution < 1.29 is 23.5 Å². The van der Waals surface area contributed by atoms with Gasteiger partial charge in [-0.15, -0.1) is 0 Å². The molecule has 2 amide bonds. The maximum Gasteiger partial charge on any atom is 0.310 e. The number of piperidine rings is 1. The molecule has 1 aromatic rings. The van der Waals surface area contributed by atoms with Crippen LogP contribution in [0.3, 0.4) is 0 Å². The molecule has 0 bridgehead atoms. The van der Waals surface area contributed by atoms with Gasteiger partial charge in [-0.2, -0.15) is 0 Å². The molecule has 1 aromatic carbocycles. The van der Waals surface area contributed by atoms with Crippen molar-refractivity contribution in [2.75, 3.05) is 24.6 Å². The molecule has 2 aliphatic heterocycles. The lowest BCUT2D eigenvalue weighted by Crippen LogP contribution is -2.48. The predicted molar refractivity (Wildman–Crippen MR) is 88.2 cm³/mol. The number of rotatable bonds is 4. The molecule has 25 heavy (non-hydrogen) atoms. The molecule has 0 N–H and O–H groups in total. The summed E-state index contributed by atoms with van der Waals surface area (Å²) in [5.74, 6) is -1.74. The van der Waals surface area contributed by atoms with Crippen LogP contribution in [-0.4, -0.2) is 48.4 Å². The van der Waals surface area contributed by atoms with E-state index in [9.17, 15) is 18.8 Å². The number of ether oxygens (including phenoxy) is 1. The largest absolute Gasteiger partial charge is 0.466 e. The van der Waals surface area contributed by atoms with Crippen LogP contribution < -0.4 is 4.90 Å². The Balaban J connectivity index is 1.74. The van der Waals surface area contributed by atoms with Crippen LogP contribution in [0.1, 0.15) is 26.2 Å². The fourth-order valence-corrected chi connectivity index (χ4v) is 3.53. The van der Waals surface area contributed by atoms with Gasteiger partial charge in [-0.25, -0.2) is 9.29 Å². The van der Waals surface area contributed by atoms with Gasteiger partial charge in [0.2, 0.25) is 5.91 Å². The van der Waals surface area contributed by atoms with Crippen LogP contribution in [0.4, 0.5) is 10.1 Å². The number of carbonyl (C=O) groups is 3. The third-order valence-corrected chi connectivity index (χ3v) is 4.70. The van der Waals surface area contributed by atoms with E-state index >= 15 is 0 Å². The summed E-state index contributed by atoms with van der Waals surface area (Å²) in [7, 11) is 0. The van der Waals surface area contributed by atoms with Crippen LogP contribution in [0.2, 0.25) is 0 Å². The summed E-state index contributed by atoms with van der Waals surface area (Å²) in [5.41, 5.74) is 0.247. The van der Waals surface area contributed by atoms with Crippen LogP contribution in [0, 0.1) is 11.7 Å². The van der Waals surface area contributed by atoms with Crippen molar-refractivity contribution in [2.45, 2.75) is 32.2 Å². The summed E-state index contributed by atoms with van der Waals surface area (Å²) in [4.78, 5) is 40.0. The number of benzene rings is 1. The average Bonchev–Trinajstić information content (AvgIpc) is 2.90. The highest BCUT2D eigenvalue weighted by atomic mass is 19.1. The summed E-state index contributed by atoms with van der Waals surface area (Å²) in [5, 5.41) is 0. The molecule has 0 saturated carbocycles. The number of imide groups is 1. The molecule has 0 aromatic heterocycles. The van der Waals surface area contributed by atoms with Crippen LogP contribution in [-0.2, 0) is 19.1 Å². The van der Waals surface area contributed by atoms with E-state index < -0.39 is 11.9 Å². The number of hydrogen-bond acceptors (Lipinski definition) is 5. The lowest BCUT2D eigenvalue weighted by atomic mass is 9.96. The molecule has 2 fully saturated rings. The molecular formula is C18H21FN2O4. The molecule has 2 heterocycles. The number of nitrogens with zero attached hydrogens (tertiary/aromatic N) is 2. The second-order valence-electron chi connectivity index (χ2n) is 6.35. The Bertz CT molecular complexity index is 693. The van der Waals surface area contributed by atoms with Crippen LogP contribution in [0.25, 0.3) is 0 Å². The van der Waals surface area contributed by atoms with E-state index in [0.717, 1.165) is 17.7 Å². The van der Waals surface area contributed by atoms with Crippen molar-refractivity contribution in [1.82, 2.24) is 4.90 Å². The normalized spacial score (nSPS) is 24.6. The number of likely N-dealkylation sites (tertiary alicyclic amines) is 1. The van der Waals surface area contributed by atoms with Crippen molar-refractivity contribution in [3.8, 4) is 0 Å². The van der Waals surface area contributed by atoms with E-state index in [2.05, 4.69) is 0 Å². The molecule has 0 radical (unpaired) electrons. The first-order chi connectivity index (χ1) is 12.0. The quantitative estimate of drug-likeness (QED) is 0.612. The smallest absolute Gasteiger partial charge is 0.310 e. The van der Waals surface area contributed by atoms with Crippen molar-refractivity contribution in [2.24, 2.45) is 5.92 Å². The Kier molecular flexibility index (Phi) is 5.13. The number of hydrogen-bond donors (Lipinski definition) is 0. The minimum atomic E-state index is -0.604. The van der Waals surface area contributed by atoms with Gasteiger partial charge < -0.3 is 4.74 Å². The fourth-order valence-electron chi connectivity index (χ4n) is 3.53. The zero-order chi connectivity index (χ0) is 18.0. The number of esters is 1. The van der Waals surface area contributed by atoms with Crippen molar-refractivity contribution in [1.29, 1.82) is 0 Å². The minimum Gasteiger partial charge on any atom is -0.466 e. The maximum atomic E-state index is 13.4. The lowest BCUT2D eigenvalue weighted by Gasteiger charge is -2.34. The van der Waals surface area contributed by atoms with Crippen molar-refractivity contribution in [3.63, 3.8) is 0 Å². The third-order valence-electron chi connectivity index (χ3n) is 4.70. The minimum absolute atomic E-state index is 0.0465. The van der Waals surface area contributed by atoms with Gasteiger partial charge in [-0.3, -0.25) is 19.3 Å². The summed E-state index contributed by atoms with van der Waals surface area (Å²) >= 11 is 0. The third kappa shape index (κ3) is 3.56. The first-order valence-corrected chi connectivity index (χ1v) is 8.54. The highest BCUT2D eigenvalue weighted by Gasteiger charge is 2.44. The Morgan fingerprint density at radius 2 is 2.16 bits per heavy atom. The van der Waals surface area contributed by atoms with E-state index in [0.29, 0.717) is 19.7 Å². The predicted octanol–water partition coefficient (Wildman–Crippen LogP) is 1.73. The molecule has 134 valence electrons. The monoisotopic (exact) mass is 348 g/mol. The van der Waals surface area contributed by atoms with Gasteiger partial charge in [0.25, 0.3) is 5.91 Å². The molecule has 3 rings (SSSR count). The molecule has 6 nitrogen and oxygen atoms in total. The SMILES string of the molecule is CCOC(=O)[C@H]1CCCN([C@H]2CC(=O)N(c3cccc(F)c3)C2=O)C1.